The van der Waals surface area contributed by atoms with Crippen LogP contribution in [0.1, 0.15) is 13.8 Å². The van der Waals surface area contributed by atoms with E-state index in [1.165, 1.54) is 0 Å². The van der Waals surface area contributed by atoms with Crippen LogP contribution >= 0.6 is 47.5 Å². The van der Waals surface area contributed by atoms with Crippen molar-refractivity contribution >= 4 is 81.3 Å². The minimum Gasteiger partial charge on any atom is -0.548 e. The second kappa shape index (κ2) is 10.7. The van der Waals surface area contributed by atoms with Gasteiger partial charge in [0.1, 0.15) is 14.5 Å². The summed E-state index contributed by atoms with van der Waals surface area (Å²) in [5.41, 5.74) is 1.89. The Balaban J connectivity index is 1.63. The number of carboxylic acids is 2. The zero-order valence-corrected chi connectivity index (χ0v) is 22.4. The van der Waals surface area contributed by atoms with Gasteiger partial charge >= 0.3 is 0 Å². The standard InChI is InChI=1S/C23H21N3O6S4/c1-3-24-13-6-4-5-7-14(13)34-16(24)9-12(2)8-15-20(31)25(10-17(27)28)22(35-15)19-21(32)26(11-18(29)30)23(33)36-19/h4-9,15H,3,10-11H2,1-2H3,(H,27,28)(H,29,30)/p-2/b12-8+,16-9-,22-19-. The molecule has 3 aliphatic rings. The van der Waals surface area contributed by atoms with Crippen LogP contribution < -0.4 is 15.1 Å². The van der Waals surface area contributed by atoms with E-state index in [4.69, 9.17) is 12.2 Å². The highest BCUT2D eigenvalue weighted by Crippen LogP contribution is 2.47. The van der Waals surface area contributed by atoms with E-state index in [1.807, 2.05) is 44.2 Å². The van der Waals surface area contributed by atoms with Crippen molar-refractivity contribution in [1.82, 2.24) is 9.80 Å². The summed E-state index contributed by atoms with van der Waals surface area (Å²) in [5.74, 6) is -4.21. The van der Waals surface area contributed by atoms with Gasteiger partial charge < -0.3 is 24.7 Å². The molecule has 2 amide bonds. The summed E-state index contributed by atoms with van der Waals surface area (Å²) in [6.07, 6.45) is 3.68. The maximum Gasteiger partial charge on any atom is 0.269 e. The van der Waals surface area contributed by atoms with Crippen molar-refractivity contribution in [2.75, 3.05) is 24.5 Å². The van der Waals surface area contributed by atoms with Gasteiger partial charge in [-0.3, -0.25) is 19.4 Å². The smallest absolute Gasteiger partial charge is 0.269 e. The van der Waals surface area contributed by atoms with Crippen LogP contribution in [-0.2, 0) is 19.2 Å². The SMILES string of the molecule is CCN1/C(=C/C(C)=C/C2S/C(=C3\SC(=S)N(CC(=O)[O-])C3=O)N(CC(=O)[O-])C2=O)Sc2ccccc21. The molecule has 0 radical (unpaired) electrons. The Bertz CT molecular complexity index is 1270. The van der Waals surface area contributed by atoms with Gasteiger partial charge in [0.25, 0.3) is 5.91 Å². The third-order valence-corrected chi connectivity index (χ3v) is 9.25. The zero-order valence-electron chi connectivity index (χ0n) is 19.1. The fraction of sp³-hybridized carbons (Fsp3) is 0.261. The lowest BCUT2D eigenvalue weighted by atomic mass is 10.2. The van der Waals surface area contributed by atoms with E-state index >= 15 is 0 Å². The molecular formula is C23H19N3O6S4-2. The van der Waals surface area contributed by atoms with Crippen molar-refractivity contribution in [1.29, 1.82) is 0 Å². The number of anilines is 1. The third kappa shape index (κ3) is 5.19. The summed E-state index contributed by atoms with van der Waals surface area (Å²) >= 11 is 8.57. The second-order valence-electron chi connectivity index (χ2n) is 7.81. The summed E-state index contributed by atoms with van der Waals surface area (Å²) in [7, 11) is 0. The molecule has 2 fully saturated rings. The van der Waals surface area contributed by atoms with Gasteiger partial charge in [0.05, 0.1) is 40.8 Å². The van der Waals surface area contributed by atoms with Crippen molar-refractivity contribution in [2.45, 2.75) is 24.0 Å². The molecule has 1 unspecified atom stereocenters. The van der Waals surface area contributed by atoms with Crippen LogP contribution in [-0.4, -0.2) is 62.8 Å². The molecule has 1 aromatic carbocycles. The van der Waals surface area contributed by atoms with Crippen molar-refractivity contribution < 1.29 is 29.4 Å². The lowest BCUT2D eigenvalue weighted by molar-refractivity contribution is -0.306. The Labute approximate surface area is 225 Å². The van der Waals surface area contributed by atoms with Crippen LogP contribution in [0.3, 0.4) is 0 Å². The van der Waals surface area contributed by atoms with Gasteiger partial charge in [-0.15, -0.1) is 0 Å². The summed E-state index contributed by atoms with van der Waals surface area (Å²) < 4.78 is -0.00876. The molecule has 3 aliphatic heterocycles. The molecule has 3 heterocycles. The quantitative estimate of drug-likeness (QED) is 0.348. The molecule has 13 heteroatoms. The highest BCUT2D eigenvalue weighted by atomic mass is 32.2. The van der Waals surface area contributed by atoms with Gasteiger partial charge in [-0.25, -0.2) is 0 Å². The Morgan fingerprint density at radius 1 is 1.06 bits per heavy atom. The number of benzene rings is 1. The Morgan fingerprint density at radius 3 is 2.39 bits per heavy atom. The Morgan fingerprint density at radius 2 is 1.72 bits per heavy atom. The first-order valence-corrected chi connectivity index (χ1v) is 13.6. The number of allylic oxidation sites excluding steroid dienone is 2. The molecule has 0 aliphatic carbocycles. The van der Waals surface area contributed by atoms with Gasteiger partial charge in [0.15, 0.2) is 0 Å². The molecule has 0 bridgehead atoms. The maximum atomic E-state index is 13.2. The Hall–Kier alpha value is -2.74. The van der Waals surface area contributed by atoms with E-state index in [0.717, 1.165) is 61.1 Å². The molecule has 0 saturated carbocycles. The van der Waals surface area contributed by atoms with Crippen LogP contribution in [0, 0.1) is 0 Å². The summed E-state index contributed by atoms with van der Waals surface area (Å²) in [6.45, 7) is 3.18. The normalized spacial score (nSPS) is 23.3. The number of carbonyl (C=O) groups is 4. The number of hydrogen-bond donors (Lipinski definition) is 0. The van der Waals surface area contributed by atoms with Gasteiger partial charge in [-0.05, 0) is 32.1 Å². The van der Waals surface area contributed by atoms with Crippen LogP contribution in [0.25, 0.3) is 0 Å². The number of nitrogens with zero attached hydrogens (tertiary/aromatic N) is 3. The number of aliphatic carboxylic acids is 2. The first kappa shape index (κ1) is 26.3. The number of fused-ring (bicyclic) bond motifs is 1. The van der Waals surface area contributed by atoms with Gasteiger partial charge in [-0.1, -0.05) is 71.3 Å². The molecule has 1 atom stereocenters. The third-order valence-electron chi connectivity index (χ3n) is 5.33. The van der Waals surface area contributed by atoms with Crippen LogP contribution in [0.15, 0.2) is 61.8 Å². The number of carboxylic acid groups (broad SMARTS) is 2. The lowest BCUT2D eigenvalue weighted by Gasteiger charge is -2.19. The molecular weight excluding hydrogens is 543 g/mol. The van der Waals surface area contributed by atoms with Crippen LogP contribution in [0.4, 0.5) is 5.69 Å². The van der Waals surface area contributed by atoms with E-state index in [9.17, 15) is 29.4 Å². The molecule has 188 valence electrons. The predicted octanol–water partition coefficient (Wildman–Crippen LogP) is 0.880. The minimum atomic E-state index is -1.49. The molecule has 36 heavy (non-hydrogen) atoms. The molecule has 0 N–H and O–H groups in total. The van der Waals surface area contributed by atoms with E-state index in [0.29, 0.717) is 0 Å². The highest BCUT2D eigenvalue weighted by molar-refractivity contribution is 8.27. The van der Waals surface area contributed by atoms with Crippen molar-refractivity contribution in [3.05, 3.63) is 57.0 Å². The molecule has 0 aromatic heterocycles. The average Bonchev–Trinajstić information content (AvgIpc) is 3.40. The monoisotopic (exact) mass is 561 g/mol. The van der Waals surface area contributed by atoms with E-state index in [1.54, 1.807) is 17.8 Å². The van der Waals surface area contributed by atoms with Gasteiger partial charge in [-0.2, -0.15) is 0 Å². The molecule has 2 saturated heterocycles. The Kier molecular flexibility index (Phi) is 7.83. The molecule has 0 spiro atoms. The number of thiocarbonyl (C=S) groups is 1. The number of amides is 2. The second-order valence-corrected chi connectivity index (χ2v) is 11.6. The number of carbonyl (C=O) groups excluding carboxylic acids is 4. The highest BCUT2D eigenvalue weighted by Gasteiger charge is 2.43. The number of hydrogen-bond acceptors (Lipinski definition) is 11. The number of thioether (sulfide) groups is 3. The fourth-order valence-corrected chi connectivity index (χ4v) is 7.77. The topological polar surface area (TPSA) is 124 Å². The predicted molar refractivity (Wildman–Crippen MR) is 139 cm³/mol. The molecule has 1 aromatic rings. The first-order chi connectivity index (χ1) is 17.1. The summed E-state index contributed by atoms with van der Waals surface area (Å²) in [4.78, 5) is 53.5. The average molecular weight is 562 g/mol. The summed E-state index contributed by atoms with van der Waals surface area (Å²) in [5, 5.41) is 22.7. The fourth-order valence-electron chi connectivity index (χ4n) is 3.81. The van der Waals surface area contributed by atoms with Crippen LogP contribution in [0.5, 0.6) is 0 Å². The van der Waals surface area contributed by atoms with Gasteiger partial charge in [0, 0.05) is 11.4 Å². The van der Waals surface area contributed by atoms with Crippen molar-refractivity contribution in [3.63, 3.8) is 0 Å². The first-order valence-electron chi connectivity index (χ1n) is 10.7. The van der Waals surface area contributed by atoms with E-state index < -0.39 is 42.1 Å². The minimum absolute atomic E-state index is 0.00622. The maximum absolute atomic E-state index is 13.2. The van der Waals surface area contributed by atoms with E-state index in [2.05, 4.69) is 4.90 Å². The number of rotatable bonds is 7. The number of para-hydroxylation sites is 1. The van der Waals surface area contributed by atoms with Crippen LogP contribution in [0.2, 0.25) is 0 Å². The summed E-state index contributed by atoms with van der Waals surface area (Å²) in [6, 6.07) is 8.04. The van der Waals surface area contributed by atoms with Crippen molar-refractivity contribution in [2.24, 2.45) is 0 Å². The molecule has 9 nitrogen and oxygen atoms in total. The largest absolute Gasteiger partial charge is 0.548 e. The van der Waals surface area contributed by atoms with Crippen molar-refractivity contribution in [3.8, 4) is 0 Å². The molecule has 4 rings (SSSR count). The van der Waals surface area contributed by atoms with Gasteiger partial charge in [0.2, 0.25) is 5.91 Å². The zero-order chi connectivity index (χ0) is 26.1. The van der Waals surface area contributed by atoms with E-state index in [-0.39, 0.29) is 14.3 Å². The lowest BCUT2D eigenvalue weighted by Crippen LogP contribution is -2.41.